The second-order valence-electron chi connectivity index (χ2n) is 9.62. The van der Waals surface area contributed by atoms with Gasteiger partial charge in [0.05, 0.1) is 6.54 Å². The number of nitrogens with zero attached hydrogens (tertiary/aromatic N) is 3. The van der Waals surface area contributed by atoms with E-state index in [0.29, 0.717) is 26.2 Å². The maximum absolute atomic E-state index is 12.7. The summed E-state index contributed by atoms with van der Waals surface area (Å²) in [4.78, 5) is 31.1. The van der Waals surface area contributed by atoms with Crippen molar-refractivity contribution in [3.05, 3.63) is 65.2 Å². The molecule has 0 atom stereocenters. The van der Waals surface area contributed by atoms with Gasteiger partial charge in [0.25, 0.3) is 0 Å². The number of amides is 2. The molecule has 0 radical (unpaired) electrons. The number of hydrogen-bond donors (Lipinski definition) is 0. The van der Waals surface area contributed by atoms with Crippen LogP contribution in [0.25, 0.3) is 0 Å². The second kappa shape index (κ2) is 9.73. The maximum atomic E-state index is 12.7. The number of fused-ring (bicyclic) bond motifs is 1. The van der Waals surface area contributed by atoms with E-state index in [-0.39, 0.29) is 18.8 Å². The Labute approximate surface area is 195 Å². The van der Waals surface area contributed by atoms with E-state index in [2.05, 4.69) is 17.0 Å². The third-order valence-corrected chi connectivity index (χ3v) is 5.91. The highest BCUT2D eigenvalue weighted by Gasteiger charge is 2.30. The molecule has 0 unspecified atom stereocenters. The van der Waals surface area contributed by atoms with E-state index < -0.39 is 5.60 Å². The first-order valence-electron chi connectivity index (χ1n) is 11.6. The molecule has 0 saturated carbocycles. The zero-order chi connectivity index (χ0) is 23.4. The van der Waals surface area contributed by atoms with Crippen LogP contribution in [0.4, 0.5) is 15.3 Å². The standard InChI is InChI=1S/C26H33N3O4/c1-26(2,3)33-25(31)28-14-8-13-27(15-16-28)23-12-7-11-21-17-29(18-22(21)23)24(30)32-19-20-9-5-4-6-10-20/h4-7,9-12H,8,13-19H2,1-3H3. The minimum atomic E-state index is -0.498. The molecule has 176 valence electrons. The largest absolute Gasteiger partial charge is 0.445 e. The minimum Gasteiger partial charge on any atom is -0.445 e. The topological polar surface area (TPSA) is 62.3 Å². The van der Waals surface area contributed by atoms with Crippen LogP contribution in [-0.4, -0.2) is 53.8 Å². The summed E-state index contributed by atoms with van der Waals surface area (Å²) < 4.78 is 11.1. The van der Waals surface area contributed by atoms with Crippen LogP contribution >= 0.6 is 0 Å². The molecule has 33 heavy (non-hydrogen) atoms. The first kappa shape index (κ1) is 23.0. The smallest absolute Gasteiger partial charge is 0.410 e. The van der Waals surface area contributed by atoms with Crippen molar-refractivity contribution in [2.45, 2.75) is 52.5 Å². The SMILES string of the molecule is CC(C)(C)OC(=O)N1CCCN(c2cccc3c2CN(C(=O)OCc2ccccc2)C3)CC1. The molecular weight excluding hydrogens is 418 g/mol. The van der Waals surface area contributed by atoms with Crippen LogP contribution in [0, 0.1) is 0 Å². The number of rotatable bonds is 3. The minimum absolute atomic E-state index is 0.255. The summed E-state index contributed by atoms with van der Waals surface area (Å²) in [6.45, 7) is 9.89. The van der Waals surface area contributed by atoms with Gasteiger partial charge in [-0.2, -0.15) is 0 Å². The highest BCUT2D eigenvalue weighted by Crippen LogP contribution is 2.33. The monoisotopic (exact) mass is 451 g/mol. The molecule has 7 nitrogen and oxygen atoms in total. The molecule has 1 saturated heterocycles. The van der Waals surface area contributed by atoms with Gasteiger partial charge in [-0.05, 0) is 49.9 Å². The van der Waals surface area contributed by atoms with Gasteiger partial charge >= 0.3 is 12.2 Å². The summed E-state index contributed by atoms with van der Waals surface area (Å²) in [5.41, 5.74) is 3.93. The lowest BCUT2D eigenvalue weighted by molar-refractivity contribution is 0.0263. The number of ether oxygens (including phenoxy) is 2. The second-order valence-corrected chi connectivity index (χ2v) is 9.62. The molecule has 0 aromatic heterocycles. The summed E-state index contributed by atoms with van der Waals surface area (Å²) in [6, 6.07) is 15.9. The lowest BCUT2D eigenvalue weighted by atomic mass is 10.1. The molecule has 2 heterocycles. The lowest BCUT2D eigenvalue weighted by Gasteiger charge is -2.27. The van der Waals surface area contributed by atoms with Gasteiger partial charge < -0.3 is 19.3 Å². The molecule has 0 N–H and O–H groups in total. The molecule has 4 rings (SSSR count). The predicted molar refractivity (Wildman–Crippen MR) is 127 cm³/mol. The molecule has 2 aromatic carbocycles. The average Bonchev–Trinajstić information content (AvgIpc) is 3.07. The Morgan fingerprint density at radius 3 is 2.39 bits per heavy atom. The Morgan fingerprint density at radius 1 is 0.848 bits per heavy atom. The Morgan fingerprint density at radius 2 is 1.64 bits per heavy atom. The van der Waals surface area contributed by atoms with Crippen LogP contribution in [0.15, 0.2) is 48.5 Å². The highest BCUT2D eigenvalue weighted by atomic mass is 16.6. The molecule has 2 aromatic rings. The van der Waals surface area contributed by atoms with Gasteiger partial charge in [0.15, 0.2) is 0 Å². The first-order valence-corrected chi connectivity index (χ1v) is 11.6. The molecule has 7 heteroatoms. The van der Waals surface area contributed by atoms with E-state index in [1.165, 1.54) is 5.56 Å². The summed E-state index contributed by atoms with van der Waals surface area (Å²) >= 11 is 0. The maximum Gasteiger partial charge on any atom is 0.410 e. The zero-order valence-electron chi connectivity index (χ0n) is 19.8. The highest BCUT2D eigenvalue weighted by molar-refractivity contribution is 5.71. The lowest BCUT2D eigenvalue weighted by Crippen LogP contribution is -2.39. The van der Waals surface area contributed by atoms with Gasteiger partial charge in [0.2, 0.25) is 0 Å². The Kier molecular flexibility index (Phi) is 6.77. The van der Waals surface area contributed by atoms with E-state index in [9.17, 15) is 9.59 Å². The Bertz CT molecular complexity index is 987. The van der Waals surface area contributed by atoms with Crippen molar-refractivity contribution in [2.24, 2.45) is 0 Å². The fraction of sp³-hybridized carbons (Fsp3) is 0.462. The zero-order valence-corrected chi connectivity index (χ0v) is 19.8. The van der Waals surface area contributed by atoms with Crippen LogP contribution in [0.1, 0.15) is 43.9 Å². The van der Waals surface area contributed by atoms with Crippen molar-refractivity contribution >= 4 is 17.9 Å². The fourth-order valence-corrected chi connectivity index (χ4v) is 4.31. The molecule has 0 bridgehead atoms. The summed E-state index contributed by atoms with van der Waals surface area (Å²) in [5, 5.41) is 0. The Balaban J connectivity index is 1.38. The average molecular weight is 452 g/mol. The van der Waals surface area contributed by atoms with Crippen molar-refractivity contribution in [1.82, 2.24) is 9.80 Å². The van der Waals surface area contributed by atoms with Crippen molar-refractivity contribution in [3.63, 3.8) is 0 Å². The van der Waals surface area contributed by atoms with Crippen LogP contribution in [0.2, 0.25) is 0 Å². The van der Waals surface area contributed by atoms with Crippen molar-refractivity contribution in [2.75, 3.05) is 31.1 Å². The number of carbonyl (C=O) groups is 2. The number of anilines is 1. The molecule has 0 aliphatic carbocycles. The molecular formula is C26H33N3O4. The van der Waals surface area contributed by atoms with E-state index in [1.807, 2.05) is 57.2 Å². The number of carbonyl (C=O) groups excluding carboxylic acids is 2. The van der Waals surface area contributed by atoms with Crippen molar-refractivity contribution in [1.29, 1.82) is 0 Å². The van der Waals surface area contributed by atoms with Gasteiger partial charge in [-0.25, -0.2) is 9.59 Å². The normalized spacial score (nSPS) is 16.3. The number of benzene rings is 2. The quantitative estimate of drug-likeness (QED) is 0.672. The van der Waals surface area contributed by atoms with E-state index >= 15 is 0 Å². The first-order chi connectivity index (χ1) is 15.8. The summed E-state index contributed by atoms with van der Waals surface area (Å²) in [5.74, 6) is 0. The molecule has 0 spiro atoms. The van der Waals surface area contributed by atoms with Crippen LogP contribution in [0.5, 0.6) is 0 Å². The third-order valence-electron chi connectivity index (χ3n) is 5.91. The number of hydrogen-bond acceptors (Lipinski definition) is 5. The van der Waals surface area contributed by atoms with Crippen LogP contribution < -0.4 is 4.90 Å². The Hall–Kier alpha value is -3.22. The van der Waals surface area contributed by atoms with E-state index in [0.717, 1.165) is 36.3 Å². The fourth-order valence-electron chi connectivity index (χ4n) is 4.31. The van der Waals surface area contributed by atoms with E-state index in [1.54, 1.807) is 9.80 Å². The molecule has 2 amide bonds. The van der Waals surface area contributed by atoms with Gasteiger partial charge in [0.1, 0.15) is 12.2 Å². The van der Waals surface area contributed by atoms with E-state index in [4.69, 9.17) is 9.47 Å². The molecule has 1 fully saturated rings. The molecule has 2 aliphatic rings. The van der Waals surface area contributed by atoms with Gasteiger partial charge in [-0.1, -0.05) is 42.5 Å². The van der Waals surface area contributed by atoms with Crippen molar-refractivity contribution in [3.8, 4) is 0 Å². The van der Waals surface area contributed by atoms with Crippen molar-refractivity contribution < 1.29 is 19.1 Å². The molecule has 2 aliphatic heterocycles. The summed E-state index contributed by atoms with van der Waals surface area (Å²) in [7, 11) is 0. The van der Waals surface area contributed by atoms with Gasteiger partial charge in [-0.3, -0.25) is 4.90 Å². The summed E-state index contributed by atoms with van der Waals surface area (Å²) in [6.07, 6.45) is 0.314. The van der Waals surface area contributed by atoms with Gasteiger partial charge in [0, 0.05) is 38.4 Å². The van der Waals surface area contributed by atoms with Crippen LogP contribution in [-0.2, 0) is 29.2 Å². The predicted octanol–water partition coefficient (Wildman–Crippen LogP) is 4.79. The van der Waals surface area contributed by atoms with Gasteiger partial charge in [-0.15, -0.1) is 0 Å². The van der Waals surface area contributed by atoms with Crippen LogP contribution in [0.3, 0.4) is 0 Å². The third kappa shape index (κ3) is 5.78.